The lowest BCUT2D eigenvalue weighted by molar-refractivity contribution is -0.146. The largest absolute Gasteiger partial charge is 0.481 e. The Morgan fingerprint density at radius 1 is 1.00 bits per heavy atom. The first-order chi connectivity index (χ1) is 19.6. The summed E-state index contributed by atoms with van der Waals surface area (Å²) < 4.78 is 29.6. The van der Waals surface area contributed by atoms with E-state index in [0.717, 1.165) is 48.1 Å². The van der Waals surface area contributed by atoms with Crippen molar-refractivity contribution in [3.05, 3.63) is 71.7 Å². The van der Waals surface area contributed by atoms with Gasteiger partial charge in [-0.05, 0) is 62.3 Å². The van der Waals surface area contributed by atoms with Gasteiger partial charge in [0.15, 0.2) is 10.8 Å². The summed E-state index contributed by atoms with van der Waals surface area (Å²) in [6.45, 7) is 4.08. The molecule has 4 heterocycles. The number of nitrogens with zero attached hydrogens (tertiary/aromatic N) is 4. The van der Waals surface area contributed by atoms with Gasteiger partial charge in [0.05, 0.1) is 16.5 Å². The van der Waals surface area contributed by atoms with Crippen LogP contribution in [0, 0.1) is 5.41 Å². The molecule has 0 saturated carbocycles. The Morgan fingerprint density at radius 3 is 2.59 bits per heavy atom. The van der Waals surface area contributed by atoms with E-state index in [1.165, 1.54) is 12.3 Å². The van der Waals surface area contributed by atoms with Gasteiger partial charge in [-0.2, -0.15) is 8.42 Å². The Kier molecular flexibility index (Phi) is 8.37. The van der Waals surface area contributed by atoms with Crippen LogP contribution in [0.2, 0.25) is 0 Å². The third kappa shape index (κ3) is 6.57. The van der Waals surface area contributed by atoms with E-state index in [1.807, 2.05) is 40.6 Å². The summed E-state index contributed by atoms with van der Waals surface area (Å²) in [6.07, 6.45) is 6.01. The van der Waals surface area contributed by atoms with E-state index in [9.17, 15) is 18.3 Å². The van der Waals surface area contributed by atoms with Crippen LogP contribution in [0.4, 0.5) is 11.6 Å². The number of aryl methyl sites for hydroxylation is 1. The summed E-state index contributed by atoms with van der Waals surface area (Å²) in [5.74, 6) is -0.417. The molecule has 0 atom stereocenters. The lowest BCUT2D eigenvalue weighted by Crippen LogP contribution is -2.40. The first-order valence-electron chi connectivity index (χ1n) is 13.6. The molecule has 214 valence electrons. The highest BCUT2D eigenvalue weighted by Crippen LogP contribution is 2.35. The van der Waals surface area contributed by atoms with Crippen LogP contribution in [0.1, 0.15) is 45.1 Å². The molecule has 0 amide bonds. The number of aliphatic carboxylic acids is 1. The van der Waals surface area contributed by atoms with E-state index in [-0.39, 0.29) is 17.4 Å². The Hall–Kier alpha value is -3.83. The number of carbonyl (C=O) groups is 1. The van der Waals surface area contributed by atoms with Crippen LogP contribution in [-0.2, 0) is 21.2 Å². The molecule has 1 aromatic carbocycles. The van der Waals surface area contributed by atoms with Crippen molar-refractivity contribution in [1.82, 2.24) is 15.0 Å². The number of sulfonamides is 1. The lowest BCUT2D eigenvalue weighted by atomic mass is 9.93. The Balaban J connectivity index is 1.59. The molecule has 4 aromatic rings. The SMILES string of the molecule is CC(C)(CN1CCCCCCc2ccccc2-c2nc(cnc2-c2cccs2)NS(=O)(=O)c2cccc1n2)C(=O)O. The van der Waals surface area contributed by atoms with Crippen molar-refractivity contribution in [2.45, 2.75) is 51.0 Å². The fourth-order valence-electron chi connectivity index (χ4n) is 4.90. The van der Waals surface area contributed by atoms with E-state index >= 15 is 0 Å². The predicted octanol–water partition coefficient (Wildman–Crippen LogP) is 6.10. The predicted molar refractivity (Wildman–Crippen MR) is 162 cm³/mol. The number of rotatable bonds is 4. The van der Waals surface area contributed by atoms with Gasteiger partial charge in [-0.15, -0.1) is 11.3 Å². The minimum Gasteiger partial charge on any atom is -0.481 e. The molecule has 1 aliphatic rings. The van der Waals surface area contributed by atoms with Gasteiger partial charge in [-0.25, -0.2) is 15.0 Å². The first-order valence-corrected chi connectivity index (χ1v) is 16.0. The minimum atomic E-state index is -4.12. The smallest absolute Gasteiger partial charge is 0.310 e. The van der Waals surface area contributed by atoms with E-state index in [1.54, 1.807) is 37.3 Å². The lowest BCUT2D eigenvalue weighted by Gasteiger charge is -2.31. The maximum atomic E-state index is 13.5. The number of anilines is 2. The van der Waals surface area contributed by atoms with E-state index < -0.39 is 21.4 Å². The average Bonchev–Trinajstić information content (AvgIpc) is 3.49. The van der Waals surface area contributed by atoms with Gasteiger partial charge in [0.1, 0.15) is 17.2 Å². The number of hydrogen-bond donors (Lipinski definition) is 2. The number of aromatic nitrogens is 3. The molecule has 0 aliphatic carbocycles. The van der Waals surface area contributed by atoms with Crippen molar-refractivity contribution >= 4 is 39.0 Å². The molecule has 2 N–H and O–H groups in total. The fourth-order valence-corrected chi connectivity index (χ4v) is 6.57. The van der Waals surface area contributed by atoms with Crippen LogP contribution in [0.5, 0.6) is 0 Å². The molecule has 1 aliphatic heterocycles. The quantitative estimate of drug-likeness (QED) is 0.292. The van der Waals surface area contributed by atoms with E-state index in [4.69, 9.17) is 4.98 Å². The number of pyridine rings is 1. The van der Waals surface area contributed by atoms with Gasteiger partial charge in [-0.3, -0.25) is 9.52 Å². The molecular weight excluding hydrogens is 558 g/mol. The number of carboxylic acids is 1. The molecule has 41 heavy (non-hydrogen) atoms. The molecule has 5 rings (SSSR count). The molecule has 9 nitrogen and oxygen atoms in total. The second kappa shape index (κ2) is 12.0. The van der Waals surface area contributed by atoms with Crippen molar-refractivity contribution in [3.8, 4) is 21.8 Å². The second-order valence-electron chi connectivity index (χ2n) is 10.8. The van der Waals surface area contributed by atoms with Crippen LogP contribution < -0.4 is 9.62 Å². The number of nitrogens with one attached hydrogen (secondary N) is 1. The van der Waals surface area contributed by atoms with Crippen LogP contribution in [0.3, 0.4) is 0 Å². The molecule has 0 radical (unpaired) electrons. The molecule has 0 spiro atoms. The summed E-state index contributed by atoms with van der Waals surface area (Å²) >= 11 is 1.55. The molecular formula is C30H33N5O4S2. The monoisotopic (exact) mass is 591 g/mol. The summed E-state index contributed by atoms with van der Waals surface area (Å²) in [7, 11) is -4.12. The van der Waals surface area contributed by atoms with Crippen molar-refractivity contribution in [1.29, 1.82) is 0 Å². The summed E-state index contributed by atoms with van der Waals surface area (Å²) in [6, 6.07) is 16.8. The highest BCUT2D eigenvalue weighted by molar-refractivity contribution is 7.92. The van der Waals surface area contributed by atoms with E-state index in [0.29, 0.717) is 23.8 Å². The summed E-state index contributed by atoms with van der Waals surface area (Å²) in [5, 5.41) is 11.6. The average molecular weight is 592 g/mol. The van der Waals surface area contributed by atoms with E-state index in [2.05, 4.69) is 20.8 Å². The van der Waals surface area contributed by atoms with Crippen molar-refractivity contribution in [2.75, 3.05) is 22.7 Å². The zero-order chi connectivity index (χ0) is 29.0. The van der Waals surface area contributed by atoms with Crippen LogP contribution in [0.15, 0.2) is 71.2 Å². The normalized spacial score (nSPS) is 15.8. The Morgan fingerprint density at radius 2 is 1.80 bits per heavy atom. The zero-order valence-corrected chi connectivity index (χ0v) is 24.7. The van der Waals surface area contributed by atoms with Crippen LogP contribution >= 0.6 is 11.3 Å². The first kappa shape index (κ1) is 28.7. The van der Waals surface area contributed by atoms with Crippen LogP contribution in [0.25, 0.3) is 21.8 Å². The number of carboxylic acid groups (broad SMARTS) is 1. The van der Waals surface area contributed by atoms with Crippen molar-refractivity contribution < 1.29 is 18.3 Å². The minimum absolute atomic E-state index is 0.0931. The molecule has 11 heteroatoms. The number of fused-ring (bicyclic) bond motifs is 6. The highest BCUT2D eigenvalue weighted by atomic mass is 32.2. The van der Waals surface area contributed by atoms with Gasteiger partial charge in [0.2, 0.25) is 0 Å². The van der Waals surface area contributed by atoms with Gasteiger partial charge >= 0.3 is 5.97 Å². The standard InChI is InChI=1S/C30H33N5O4S2/c1-30(2,29(36)37)20-35-17-8-4-3-5-11-21-12-6-7-13-22(21)27-28(23-14-10-18-40-23)31-19-24(32-27)34-41(38,39)26-16-9-15-25(35)33-26/h6-7,9-10,12-16,18-19H,3-5,8,11,17,20H2,1-2H3,(H,32,34)(H,36,37). The topological polar surface area (TPSA) is 125 Å². The second-order valence-corrected chi connectivity index (χ2v) is 13.4. The Bertz CT molecular complexity index is 1640. The van der Waals surface area contributed by atoms with Gasteiger partial charge in [0, 0.05) is 18.7 Å². The van der Waals surface area contributed by atoms with Crippen molar-refractivity contribution in [2.24, 2.45) is 5.41 Å². The Labute approximate surface area is 244 Å². The molecule has 0 saturated heterocycles. The summed E-state index contributed by atoms with van der Waals surface area (Å²) in [4.78, 5) is 28.6. The van der Waals surface area contributed by atoms with Crippen LogP contribution in [-0.4, -0.2) is 47.5 Å². The number of benzene rings is 1. The van der Waals surface area contributed by atoms with Gasteiger partial charge in [-0.1, -0.05) is 49.2 Å². The maximum Gasteiger partial charge on any atom is 0.310 e. The molecule has 0 fully saturated rings. The van der Waals surface area contributed by atoms with Crippen molar-refractivity contribution in [3.63, 3.8) is 0 Å². The molecule has 4 bridgehead atoms. The number of thiophene rings is 1. The molecule has 3 aromatic heterocycles. The molecule has 0 unspecified atom stereocenters. The van der Waals surface area contributed by atoms with Gasteiger partial charge in [0.25, 0.3) is 10.0 Å². The van der Waals surface area contributed by atoms with Gasteiger partial charge < -0.3 is 10.0 Å². The highest BCUT2D eigenvalue weighted by Gasteiger charge is 2.31. The fraction of sp³-hybridized carbons (Fsp3) is 0.333. The third-order valence-corrected chi connectivity index (χ3v) is 9.27. The third-order valence-electron chi connectivity index (χ3n) is 7.14. The number of hydrogen-bond acceptors (Lipinski definition) is 8. The summed E-state index contributed by atoms with van der Waals surface area (Å²) in [5.41, 5.74) is 2.33. The maximum absolute atomic E-state index is 13.5. The zero-order valence-electron chi connectivity index (χ0n) is 23.1.